The number of β-amino-alcohol motifs (C(OH)–C–C–N with tert-alkyl or cyclic N) is 1. The lowest BCUT2D eigenvalue weighted by Gasteiger charge is -2.36. The predicted molar refractivity (Wildman–Crippen MR) is 178 cm³/mol. The number of aliphatic hydroxyl groups excluding tert-OH is 1. The molecule has 0 aliphatic carbocycles. The zero-order valence-corrected chi connectivity index (χ0v) is 27.7. The molecule has 4 rings (SSSR count). The Balaban J connectivity index is 0.000000313. The molecule has 0 aromatic heterocycles. The maximum atomic E-state index is 13.3. The lowest BCUT2D eigenvalue weighted by molar-refractivity contribution is -0.138. The molecule has 2 N–H and O–H groups in total. The van der Waals surface area contributed by atoms with Crippen LogP contribution in [0.2, 0.25) is 0 Å². The average Bonchev–Trinajstić information content (AvgIpc) is 3.02. The number of piperazine rings is 1. The Bertz CT molecular complexity index is 1140. The van der Waals surface area contributed by atoms with E-state index < -0.39 is 17.7 Å². The molecule has 45 heavy (non-hydrogen) atoms. The molecule has 0 atom stereocenters. The van der Waals surface area contributed by atoms with E-state index in [0.29, 0.717) is 25.2 Å². The third-order valence-electron chi connectivity index (χ3n) is 8.43. The standard InChI is InChI=1S/C22H26F3N3OS.C13H26O2/c23-22(24,25)17-6-7-21-19(16-17)28(18-4-1-2-5-20(18)30-21)9-3-8-26-10-12-27(13-11-26)14-15-29;1-2-3-4-5-6-7-8-9-10-11-12-13(14)15/h1-2,4-7,16,29H,3,8-15H2;2-12H2,1H3,(H,14,15). The van der Waals surface area contributed by atoms with Crippen molar-refractivity contribution in [3.8, 4) is 0 Å². The highest BCUT2D eigenvalue weighted by molar-refractivity contribution is 7.99. The Morgan fingerprint density at radius 1 is 0.756 bits per heavy atom. The van der Waals surface area contributed by atoms with E-state index in [-0.39, 0.29) is 6.61 Å². The molecular formula is C35H52F3N3O3S. The molecule has 2 heterocycles. The fourth-order valence-corrected chi connectivity index (χ4v) is 6.92. The number of carbonyl (C=O) groups is 1. The van der Waals surface area contributed by atoms with E-state index in [4.69, 9.17) is 10.2 Å². The van der Waals surface area contributed by atoms with E-state index >= 15 is 0 Å². The summed E-state index contributed by atoms with van der Waals surface area (Å²) in [6.45, 7) is 8.53. The quantitative estimate of drug-likeness (QED) is 0.166. The number of anilines is 2. The second kappa shape index (κ2) is 20.1. The summed E-state index contributed by atoms with van der Waals surface area (Å²) in [5.41, 5.74) is 1.01. The number of benzene rings is 2. The SMILES string of the molecule is CCCCCCCCCCCCC(=O)O.OCCN1CCN(CCCN2c3ccccc3Sc3ccc(C(F)(F)F)cc32)CC1. The highest BCUT2D eigenvalue weighted by Gasteiger charge is 2.33. The van der Waals surface area contributed by atoms with Gasteiger partial charge in [-0.2, -0.15) is 13.2 Å². The minimum atomic E-state index is -4.35. The minimum absolute atomic E-state index is 0.186. The number of aliphatic carboxylic acids is 1. The second-order valence-electron chi connectivity index (χ2n) is 12.0. The Labute approximate surface area is 272 Å². The number of alkyl halides is 3. The Morgan fingerprint density at radius 2 is 1.33 bits per heavy atom. The number of fused-ring (bicyclic) bond motifs is 2. The van der Waals surface area contributed by atoms with Gasteiger partial charge in [0.05, 0.1) is 23.5 Å². The van der Waals surface area contributed by atoms with Crippen LogP contribution in [-0.2, 0) is 11.0 Å². The predicted octanol–water partition coefficient (Wildman–Crippen LogP) is 8.69. The van der Waals surface area contributed by atoms with Gasteiger partial charge in [-0.05, 0) is 49.7 Å². The summed E-state index contributed by atoms with van der Waals surface area (Å²) in [5.74, 6) is -0.658. The molecule has 0 bridgehead atoms. The van der Waals surface area contributed by atoms with Gasteiger partial charge < -0.3 is 20.0 Å². The zero-order valence-electron chi connectivity index (χ0n) is 26.9. The van der Waals surface area contributed by atoms with Crippen molar-refractivity contribution >= 4 is 29.1 Å². The molecule has 0 radical (unpaired) electrons. The molecule has 2 aliphatic rings. The molecule has 10 heteroatoms. The van der Waals surface area contributed by atoms with Crippen molar-refractivity contribution in [3.63, 3.8) is 0 Å². The molecule has 0 unspecified atom stereocenters. The lowest BCUT2D eigenvalue weighted by Crippen LogP contribution is -2.47. The molecule has 2 aromatic rings. The van der Waals surface area contributed by atoms with Crippen molar-refractivity contribution < 1.29 is 28.2 Å². The van der Waals surface area contributed by atoms with E-state index in [1.165, 1.54) is 75.3 Å². The number of rotatable bonds is 17. The van der Waals surface area contributed by atoms with Crippen molar-refractivity contribution in [2.45, 2.75) is 99.9 Å². The van der Waals surface area contributed by atoms with Gasteiger partial charge in [0.25, 0.3) is 0 Å². The summed E-state index contributed by atoms with van der Waals surface area (Å²) in [6.07, 6.45) is 9.43. The van der Waals surface area contributed by atoms with Crippen LogP contribution >= 0.6 is 11.8 Å². The van der Waals surface area contributed by atoms with Crippen LogP contribution in [-0.4, -0.2) is 78.4 Å². The first-order valence-corrected chi connectivity index (χ1v) is 17.6. The van der Waals surface area contributed by atoms with Gasteiger partial charge in [0, 0.05) is 55.5 Å². The summed E-state index contributed by atoms with van der Waals surface area (Å²) >= 11 is 1.53. The molecule has 2 aromatic carbocycles. The van der Waals surface area contributed by atoms with E-state index in [2.05, 4.69) is 16.7 Å². The second-order valence-corrected chi connectivity index (χ2v) is 13.1. The third-order valence-corrected chi connectivity index (χ3v) is 9.56. The first-order chi connectivity index (χ1) is 21.7. The molecular weight excluding hydrogens is 599 g/mol. The smallest absolute Gasteiger partial charge is 0.416 e. The Hall–Kier alpha value is -2.27. The fraction of sp³-hybridized carbons (Fsp3) is 0.629. The summed E-state index contributed by atoms with van der Waals surface area (Å²) in [6, 6.07) is 11.9. The van der Waals surface area contributed by atoms with Crippen LogP contribution in [0.4, 0.5) is 24.5 Å². The summed E-state index contributed by atoms with van der Waals surface area (Å²) in [7, 11) is 0. The van der Waals surface area contributed by atoms with Crippen molar-refractivity contribution in [1.29, 1.82) is 0 Å². The van der Waals surface area contributed by atoms with Gasteiger partial charge >= 0.3 is 12.1 Å². The number of hydrogen-bond donors (Lipinski definition) is 2. The molecule has 6 nitrogen and oxygen atoms in total. The first kappa shape index (κ1) is 37.2. The van der Waals surface area contributed by atoms with Crippen molar-refractivity contribution in [1.82, 2.24) is 9.80 Å². The third kappa shape index (κ3) is 13.2. The van der Waals surface area contributed by atoms with Crippen LogP contribution in [0.3, 0.4) is 0 Å². The van der Waals surface area contributed by atoms with Gasteiger partial charge in [0.2, 0.25) is 0 Å². The summed E-state index contributed by atoms with van der Waals surface area (Å²) < 4.78 is 39.9. The highest BCUT2D eigenvalue weighted by atomic mass is 32.2. The van der Waals surface area contributed by atoms with E-state index in [0.717, 1.165) is 67.5 Å². The van der Waals surface area contributed by atoms with Gasteiger partial charge in [-0.15, -0.1) is 0 Å². The molecule has 2 aliphatic heterocycles. The number of carboxylic acids is 1. The van der Waals surface area contributed by atoms with E-state index in [1.54, 1.807) is 6.07 Å². The van der Waals surface area contributed by atoms with Gasteiger partial charge in [-0.3, -0.25) is 9.69 Å². The number of unbranched alkanes of at least 4 members (excludes halogenated alkanes) is 9. The van der Waals surface area contributed by atoms with Crippen molar-refractivity contribution in [2.75, 3.05) is 57.3 Å². The average molecular weight is 652 g/mol. The van der Waals surface area contributed by atoms with E-state index in [9.17, 15) is 18.0 Å². The maximum Gasteiger partial charge on any atom is 0.416 e. The molecule has 0 spiro atoms. The summed E-state index contributed by atoms with van der Waals surface area (Å²) in [5, 5.41) is 17.5. The molecule has 252 valence electrons. The van der Waals surface area contributed by atoms with Crippen LogP contribution < -0.4 is 4.90 Å². The monoisotopic (exact) mass is 651 g/mol. The molecule has 1 saturated heterocycles. The number of hydrogen-bond acceptors (Lipinski definition) is 6. The van der Waals surface area contributed by atoms with E-state index in [1.807, 2.05) is 29.2 Å². The number of halogens is 3. The van der Waals surface area contributed by atoms with Crippen LogP contribution in [0.25, 0.3) is 0 Å². The number of nitrogens with zero attached hydrogens (tertiary/aromatic N) is 3. The van der Waals surface area contributed by atoms with Gasteiger partial charge in [-0.25, -0.2) is 0 Å². The topological polar surface area (TPSA) is 67.2 Å². The van der Waals surface area contributed by atoms with Crippen molar-refractivity contribution in [2.24, 2.45) is 0 Å². The first-order valence-electron chi connectivity index (χ1n) is 16.8. The number of aliphatic hydroxyl groups is 1. The van der Waals surface area contributed by atoms with Gasteiger partial charge in [0.1, 0.15) is 0 Å². The largest absolute Gasteiger partial charge is 0.481 e. The van der Waals surface area contributed by atoms with Crippen molar-refractivity contribution in [3.05, 3.63) is 48.0 Å². The van der Waals surface area contributed by atoms with Gasteiger partial charge in [-0.1, -0.05) is 88.6 Å². The Kier molecular flexibility index (Phi) is 16.6. The van der Waals surface area contributed by atoms with Crippen LogP contribution in [0.15, 0.2) is 52.3 Å². The lowest BCUT2D eigenvalue weighted by atomic mass is 10.1. The number of carboxylic acid groups (broad SMARTS) is 1. The molecule has 0 amide bonds. The Morgan fingerprint density at radius 3 is 1.93 bits per heavy atom. The number of para-hydroxylation sites is 1. The zero-order chi connectivity index (χ0) is 32.5. The maximum absolute atomic E-state index is 13.3. The minimum Gasteiger partial charge on any atom is -0.481 e. The van der Waals surface area contributed by atoms with Gasteiger partial charge in [0.15, 0.2) is 0 Å². The van der Waals surface area contributed by atoms with Crippen LogP contribution in [0, 0.1) is 0 Å². The fourth-order valence-electron chi connectivity index (χ4n) is 5.84. The molecule has 0 saturated carbocycles. The van der Waals surface area contributed by atoms with Crippen LogP contribution in [0.1, 0.15) is 89.5 Å². The highest BCUT2D eigenvalue weighted by Crippen LogP contribution is 2.49. The summed E-state index contributed by atoms with van der Waals surface area (Å²) in [4.78, 5) is 18.9. The molecule has 1 fully saturated rings. The normalized spacial score (nSPS) is 15.3. The van der Waals surface area contributed by atoms with Crippen LogP contribution in [0.5, 0.6) is 0 Å².